The number of aromatic nitrogens is 2. The van der Waals surface area contributed by atoms with Crippen LogP contribution in [0.25, 0.3) is 22.2 Å². The highest BCUT2D eigenvalue weighted by atomic mass is 19.1. The molecule has 2 heterocycles. The predicted octanol–water partition coefficient (Wildman–Crippen LogP) is 5.00. The van der Waals surface area contributed by atoms with Crippen molar-refractivity contribution >= 4 is 22.8 Å². The van der Waals surface area contributed by atoms with Crippen LogP contribution in [0.5, 0.6) is 0 Å². The van der Waals surface area contributed by atoms with E-state index in [1.807, 2.05) is 18.7 Å². The molecule has 0 aliphatic carbocycles. The van der Waals surface area contributed by atoms with Gasteiger partial charge >= 0.3 is 0 Å². The first-order chi connectivity index (χ1) is 16.4. The first-order valence-corrected chi connectivity index (χ1v) is 11.0. The van der Waals surface area contributed by atoms with Crippen molar-refractivity contribution in [2.24, 2.45) is 4.99 Å². The smallest absolute Gasteiger partial charge is 0.136 e. The van der Waals surface area contributed by atoms with Gasteiger partial charge in [0.2, 0.25) is 0 Å². The van der Waals surface area contributed by atoms with Gasteiger partial charge in [-0.25, -0.2) is 18.7 Å². The molecule has 8 heteroatoms. The summed E-state index contributed by atoms with van der Waals surface area (Å²) in [5, 5.41) is 11.1. The van der Waals surface area contributed by atoms with E-state index in [9.17, 15) is 9.50 Å². The Morgan fingerprint density at radius 2 is 1.91 bits per heavy atom. The number of anilines is 1. The zero-order chi connectivity index (χ0) is 24.2. The van der Waals surface area contributed by atoms with E-state index in [-0.39, 0.29) is 16.6 Å². The van der Waals surface area contributed by atoms with E-state index < -0.39 is 17.7 Å². The van der Waals surface area contributed by atoms with Gasteiger partial charge in [0.15, 0.2) is 0 Å². The maximum absolute atomic E-state index is 15.4. The van der Waals surface area contributed by atoms with Crippen molar-refractivity contribution in [1.82, 2.24) is 9.97 Å². The number of aliphatic hydroxyl groups excluding tert-OH is 1. The number of hydrogen-bond donors (Lipinski definition) is 1. The third kappa shape index (κ3) is 4.73. The number of hydrogen-bond acceptors (Lipinski definition) is 6. The second-order valence-corrected chi connectivity index (χ2v) is 8.18. The van der Waals surface area contributed by atoms with Crippen LogP contribution in [-0.2, 0) is 4.74 Å². The molecule has 34 heavy (non-hydrogen) atoms. The number of fused-ring (bicyclic) bond motifs is 1. The number of nitrogens with zero attached hydrogens (tertiary/aromatic N) is 4. The van der Waals surface area contributed by atoms with Crippen LogP contribution in [-0.4, -0.2) is 47.6 Å². The van der Waals surface area contributed by atoms with E-state index in [1.54, 1.807) is 6.07 Å². The number of rotatable bonds is 6. The summed E-state index contributed by atoms with van der Waals surface area (Å²) < 4.78 is 35.7. The van der Waals surface area contributed by atoms with Crippen molar-refractivity contribution in [3.8, 4) is 11.3 Å². The van der Waals surface area contributed by atoms with E-state index in [2.05, 4.69) is 21.5 Å². The quantitative estimate of drug-likeness (QED) is 0.520. The van der Waals surface area contributed by atoms with Crippen LogP contribution in [0.3, 0.4) is 0 Å². The molecule has 1 aliphatic heterocycles. The Hall–Kier alpha value is -3.49. The van der Waals surface area contributed by atoms with Gasteiger partial charge in [-0.2, -0.15) is 0 Å². The highest BCUT2D eigenvalue weighted by Crippen LogP contribution is 2.35. The molecule has 1 aromatic heterocycles. The molecule has 4 rings (SSSR count). The first kappa shape index (κ1) is 23.7. The molecule has 0 saturated carbocycles. The second kappa shape index (κ2) is 10.2. The molecule has 2 aromatic carbocycles. The SMILES string of the molecule is C=C/C=N\C(=C(C)C)[C@H](O)c1ccc(F)c(-c2ncnc3cc(N4CCOCC4)cc(F)c23)c1. The summed E-state index contributed by atoms with van der Waals surface area (Å²) in [6, 6.07) is 7.39. The molecule has 0 unspecified atom stereocenters. The molecule has 1 fully saturated rings. The van der Waals surface area contributed by atoms with E-state index in [0.29, 0.717) is 48.8 Å². The lowest BCUT2D eigenvalue weighted by Crippen LogP contribution is -2.36. The fourth-order valence-corrected chi connectivity index (χ4v) is 3.99. The molecule has 176 valence electrons. The maximum atomic E-state index is 15.4. The van der Waals surface area contributed by atoms with Crippen molar-refractivity contribution in [2.45, 2.75) is 20.0 Å². The Morgan fingerprint density at radius 1 is 1.15 bits per heavy atom. The lowest BCUT2D eigenvalue weighted by Gasteiger charge is -2.29. The van der Waals surface area contributed by atoms with Gasteiger partial charge in [-0.1, -0.05) is 24.3 Å². The molecule has 0 amide bonds. The standard InChI is InChI=1S/C26H26F2N4O2/c1-4-7-29-24(16(2)3)26(33)17-5-6-20(27)19(12-17)25-23-21(28)13-18(14-22(23)30-15-31-25)32-8-10-34-11-9-32/h4-7,12-15,26,33H,1,8-11H2,2-3H3/b29-7-/t26-/m1/s1. The van der Waals surface area contributed by atoms with Crippen LogP contribution in [0.15, 0.2) is 65.6 Å². The van der Waals surface area contributed by atoms with Crippen molar-refractivity contribution in [3.05, 3.63) is 77.8 Å². The van der Waals surface area contributed by atoms with Crippen molar-refractivity contribution in [3.63, 3.8) is 0 Å². The fraction of sp³-hybridized carbons (Fsp3) is 0.269. The summed E-state index contributed by atoms with van der Waals surface area (Å²) in [5.74, 6) is -1.12. The molecule has 1 atom stereocenters. The average molecular weight is 465 g/mol. The number of benzene rings is 2. The van der Waals surface area contributed by atoms with Gasteiger partial charge in [0, 0.05) is 30.6 Å². The van der Waals surface area contributed by atoms with Gasteiger partial charge < -0.3 is 14.7 Å². The summed E-state index contributed by atoms with van der Waals surface area (Å²) in [7, 11) is 0. The monoisotopic (exact) mass is 464 g/mol. The van der Waals surface area contributed by atoms with E-state index in [1.165, 1.54) is 42.9 Å². The Kier molecular flexibility index (Phi) is 7.09. The average Bonchev–Trinajstić information content (AvgIpc) is 2.84. The van der Waals surface area contributed by atoms with Crippen molar-refractivity contribution in [1.29, 1.82) is 0 Å². The predicted molar refractivity (Wildman–Crippen MR) is 130 cm³/mol. The third-order valence-corrected chi connectivity index (χ3v) is 5.70. The minimum Gasteiger partial charge on any atom is -0.382 e. The van der Waals surface area contributed by atoms with E-state index >= 15 is 4.39 Å². The van der Waals surface area contributed by atoms with Gasteiger partial charge in [-0.3, -0.25) is 4.99 Å². The van der Waals surface area contributed by atoms with Crippen LogP contribution in [0.2, 0.25) is 0 Å². The molecule has 1 saturated heterocycles. The Labute approximate surface area is 196 Å². The molecule has 3 aromatic rings. The number of allylic oxidation sites excluding steroid dienone is 2. The number of morpholine rings is 1. The van der Waals surface area contributed by atoms with Gasteiger partial charge in [0.25, 0.3) is 0 Å². The molecular weight excluding hydrogens is 438 g/mol. The maximum Gasteiger partial charge on any atom is 0.136 e. The van der Waals surface area contributed by atoms with Crippen molar-refractivity contribution < 1.29 is 18.6 Å². The molecule has 0 radical (unpaired) electrons. The molecule has 0 bridgehead atoms. The zero-order valence-electron chi connectivity index (χ0n) is 19.1. The number of aliphatic imine (C=N–C) groups is 1. The topological polar surface area (TPSA) is 70.8 Å². The number of aliphatic hydroxyl groups is 1. The summed E-state index contributed by atoms with van der Waals surface area (Å²) in [4.78, 5) is 14.7. The van der Waals surface area contributed by atoms with Crippen LogP contribution in [0, 0.1) is 11.6 Å². The van der Waals surface area contributed by atoms with Crippen molar-refractivity contribution in [2.75, 3.05) is 31.2 Å². The molecule has 6 nitrogen and oxygen atoms in total. The highest BCUT2D eigenvalue weighted by molar-refractivity contribution is 5.94. The minimum atomic E-state index is -1.11. The Bertz CT molecular complexity index is 1280. The third-order valence-electron chi connectivity index (χ3n) is 5.70. The molecule has 0 spiro atoms. The zero-order valence-corrected chi connectivity index (χ0v) is 19.1. The van der Waals surface area contributed by atoms with Gasteiger partial charge in [-0.15, -0.1) is 0 Å². The second-order valence-electron chi connectivity index (χ2n) is 8.18. The fourth-order valence-electron chi connectivity index (χ4n) is 3.99. The lowest BCUT2D eigenvalue weighted by molar-refractivity contribution is 0.122. The van der Waals surface area contributed by atoms with Crippen LogP contribution in [0.1, 0.15) is 25.5 Å². The Morgan fingerprint density at radius 3 is 2.62 bits per heavy atom. The molecule has 1 aliphatic rings. The summed E-state index contributed by atoms with van der Waals surface area (Å²) >= 11 is 0. The highest BCUT2D eigenvalue weighted by Gasteiger charge is 2.21. The largest absolute Gasteiger partial charge is 0.382 e. The van der Waals surface area contributed by atoms with E-state index in [4.69, 9.17) is 4.74 Å². The molecular formula is C26H26F2N4O2. The molecule has 1 N–H and O–H groups in total. The normalized spacial score (nSPS) is 15.0. The summed E-state index contributed by atoms with van der Waals surface area (Å²) in [6.07, 6.45) is 3.17. The van der Waals surface area contributed by atoms with E-state index in [0.717, 1.165) is 5.57 Å². The van der Waals surface area contributed by atoms with Crippen LogP contribution < -0.4 is 4.90 Å². The summed E-state index contributed by atoms with van der Waals surface area (Å²) in [5.41, 5.74) is 2.88. The Balaban J connectivity index is 1.81. The van der Waals surface area contributed by atoms with Crippen LogP contribution in [0.4, 0.5) is 14.5 Å². The number of halogens is 2. The lowest BCUT2D eigenvalue weighted by atomic mass is 9.98. The summed E-state index contributed by atoms with van der Waals surface area (Å²) in [6.45, 7) is 9.69. The first-order valence-electron chi connectivity index (χ1n) is 11.0. The van der Waals surface area contributed by atoms with Gasteiger partial charge in [-0.05, 0) is 43.7 Å². The van der Waals surface area contributed by atoms with Crippen LogP contribution >= 0.6 is 0 Å². The number of ether oxygens (including phenoxy) is 1. The van der Waals surface area contributed by atoms with Gasteiger partial charge in [0.1, 0.15) is 24.1 Å². The van der Waals surface area contributed by atoms with Gasteiger partial charge in [0.05, 0.1) is 35.5 Å². The minimum absolute atomic E-state index is 0.0720.